The van der Waals surface area contributed by atoms with Crippen LogP contribution in [0.25, 0.3) is 0 Å². The van der Waals surface area contributed by atoms with Crippen molar-refractivity contribution >= 4 is 17.2 Å². The van der Waals surface area contributed by atoms with E-state index in [1.807, 2.05) is 40.2 Å². The van der Waals surface area contributed by atoms with E-state index in [-0.39, 0.29) is 18.0 Å². The number of imidazole rings is 1. The van der Waals surface area contributed by atoms with Crippen LogP contribution in [0.4, 0.5) is 0 Å². The minimum absolute atomic E-state index is 0.107. The lowest BCUT2D eigenvalue weighted by Crippen LogP contribution is -2.52. The van der Waals surface area contributed by atoms with E-state index in [2.05, 4.69) is 4.98 Å². The molecule has 0 saturated carbocycles. The highest BCUT2D eigenvalue weighted by molar-refractivity contribution is 7.12. The molecule has 2 aromatic heterocycles. The lowest BCUT2D eigenvalue weighted by molar-refractivity contribution is -0.0554. The van der Waals surface area contributed by atoms with Crippen LogP contribution in [0.2, 0.25) is 0 Å². The third-order valence-corrected chi connectivity index (χ3v) is 5.83. The highest BCUT2D eigenvalue weighted by Gasteiger charge is 2.51. The zero-order chi connectivity index (χ0) is 15.3. The number of thiophene rings is 1. The first-order valence-corrected chi connectivity index (χ1v) is 8.53. The summed E-state index contributed by atoms with van der Waals surface area (Å²) in [5, 5.41) is 13.0. The summed E-state index contributed by atoms with van der Waals surface area (Å²) in [5.74, 6) is 0.831. The monoisotopic (exact) mass is 317 g/mol. The standard InChI is InChI=1S/C16H19N3O2S/c1-18-7-6-17-15(18)16(21)9-11-4-5-12(10-16)19(11)14(20)13-3-2-8-22-13/h2-3,6-8,11-12,21H,4-5,9-10H2,1H3/t11-,12-/m1/s1. The molecular weight excluding hydrogens is 298 g/mol. The summed E-state index contributed by atoms with van der Waals surface area (Å²) < 4.78 is 1.89. The minimum Gasteiger partial charge on any atom is -0.382 e. The van der Waals surface area contributed by atoms with E-state index >= 15 is 0 Å². The molecule has 6 heteroatoms. The quantitative estimate of drug-likeness (QED) is 0.923. The van der Waals surface area contributed by atoms with Crippen molar-refractivity contribution in [1.82, 2.24) is 14.5 Å². The third kappa shape index (κ3) is 2.01. The minimum atomic E-state index is -0.920. The average Bonchev–Trinajstić information content (AvgIpc) is 3.19. The number of amides is 1. The number of fused-ring (bicyclic) bond motifs is 2. The molecule has 22 heavy (non-hydrogen) atoms. The van der Waals surface area contributed by atoms with Gasteiger partial charge in [0.2, 0.25) is 0 Å². The van der Waals surface area contributed by atoms with E-state index in [9.17, 15) is 9.90 Å². The molecule has 1 amide bonds. The zero-order valence-electron chi connectivity index (χ0n) is 12.5. The van der Waals surface area contributed by atoms with E-state index in [0.717, 1.165) is 17.7 Å². The van der Waals surface area contributed by atoms with Gasteiger partial charge in [-0.1, -0.05) is 6.07 Å². The Morgan fingerprint density at radius 2 is 2.14 bits per heavy atom. The summed E-state index contributed by atoms with van der Waals surface area (Å²) in [5.41, 5.74) is -0.920. The number of nitrogens with zero attached hydrogens (tertiary/aromatic N) is 3. The van der Waals surface area contributed by atoms with E-state index in [1.165, 1.54) is 11.3 Å². The predicted molar refractivity (Wildman–Crippen MR) is 83.6 cm³/mol. The number of aliphatic hydroxyl groups is 1. The fraction of sp³-hybridized carbons (Fsp3) is 0.500. The van der Waals surface area contributed by atoms with Crippen LogP contribution in [-0.4, -0.2) is 37.5 Å². The van der Waals surface area contributed by atoms with Crippen LogP contribution < -0.4 is 0 Å². The largest absolute Gasteiger partial charge is 0.382 e. The number of carbonyl (C=O) groups excluding carboxylic acids is 1. The smallest absolute Gasteiger partial charge is 0.264 e. The van der Waals surface area contributed by atoms with Crippen LogP contribution in [0.5, 0.6) is 0 Å². The Balaban J connectivity index is 1.62. The van der Waals surface area contributed by atoms with Crippen molar-refractivity contribution in [3.05, 3.63) is 40.6 Å². The second kappa shape index (κ2) is 4.93. The maximum atomic E-state index is 12.7. The first kappa shape index (κ1) is 14.0. The molecule has 1 N–H and O–H groups in total. The number of hydrogen-bond acceptors (Lipinski definition) is 4. The summed E-state index contributed by atoms with van der Waals surface area (Å²) in [7, 11) is 1.91. The van der Waals surface area contributed by atoms with Gasteiger partial charge in [-0.15, -0.1) is 11.3 Å². The van der Waals surface area contributed by atoms with Crippen molar-refractivity contribution < 1.29 is 9.90 Å². The lowest BCUT2D eigenvalue weighted by Gasteiger charge is -2.43. The summed E-state index contributed by atoms with van der Waals surface area (Å²) in [6.45, 7) is 0. The first-order valence-electron chi connectivity index (χ1n) is 7.65. The molecule has 2 saturated heterocycles. The van der Waals surface area contributed by atoms with E-state index in [0.29, 0.717) is 18.7 Å². The fourth-order valence-electron chi connectivity index (χ4n) is 4.08. The van der Waals surface area contributed by atoms with Gasteiger partial charge in [-0.05, 0) is 24.3 Å². The molecule has 2 bridgehead atoms. The average molecular weight is 317 g/mol. The molecule has 0 aromatic carbocycles. The Bertz CT molecular complexity index is 680. The zero-order valence-corrected chi connectivity index (χ0v) is 13.3. The summed E-state index contributed by atoms with van der Waals surface area (Å²) in [6, 6.07) is 4.00. The van der Waals surface area contributed by atoms with Crippen molar-refractivity contribution in [1.29, 1.82) is 0 Å². The number of aromatic nitrogens is 2. The lowest BCUT2D eigenvalue weighted by atomic mass is 9.85. The number of piperidine rings is 1. The Morgan fingerprint density at radius 3 is 2.68 bits per heavy atom. The van der Waals surface area contributed by atoms with Crippen LogP contribution in [0.15, 0.2) is 29.9 Å². The highest BCUT2D eigenvalue weighted by Crippen LogP contribution is 2.45. The molecule has 2 aromatic rings. The van der Waals surface area contributed by atoms with Gasteiger partial charge >= 0.3 is 0 Å². The number of rotatable bonds is 2. The topological polar surface area (TPSA) is 58.4 Å². The molecule has 2 aliphatic heterocycles. The Labute approximate surface area is 133 Å². The van der Waals surface area contributed by atoms with Crippen molar-refractivity contribution in [3.8, 4) is 0 Å². The number of hydrogen-bond donors (Lipinski definition) is 1. The summed E-state index contributed by atoms with van der Waals surface area (Å²) in [4.78, 5) is 19.9. The summed E-state index contributed by atoms with van der Waals surface area (Å²) >= 11 is 1.49. The third-order valence-electron chi connectivity index (χ3n) is 4.97. The number of carbonyl (C=O) groups is 1. The van der Waals surface area contributed by atoms with Crippen LogP contribution in [0, 0.1) is 0 Å². The van der Waals surface area contributed by atoms with Crippen molar-refractivity contribution in [2.45, 2.75) is 43.4 Å². The van der Waals surface area contributed by atoms with Gasteiger partial charge in [0.05, 0.1) is 4.88 Å². The molecule has 0 spiro atoms. The van der Waals surface area contributed by atoms with E-state index in [1.54, 1.807) is 6.20 Å². The van der Waals surface area contributed by atoms with Gasteiger partial charge in [0.1, 0.15) is 11.4 Å². The molecule has 4 rings (SSSR count). The van der Waals surface area contributed by atoms with Crippen LogP contribution in [-0.2, 0) is 12.6 Å². The Kier molecular flexibility index (Phi) is 3.13. The van der Waals surface area contributed by atoms with Gasteiger partial charge in [0, 0.05) is 44.4 Å². The molecular formula is C16H19N3O2S. The van der Waals surface area contributed by atoms with Gasteiger partial charge in [-0.25, -0.2) is 4.98 Å². The van der Waals surface area contributed by atoms with E-state index in [4.69, 9.17) is 0 Å². The number of aryl methyl sites for hydroxylation is 1. The normalized spacial score (nSPS) is 30.7. The van der Waals surface area contributed by atoms with Gasteiger partial charge in [0.25, 0.3) is 5.91 Å². The fourth-order valence-corrected chi connectivity index (χ4v) is 4.75. The second-order valence-electron chi connectivity index (χ2n) is 6.38. The van der Waals surface area contributed by atoms with Crippen molar-refractivity contribution in [2.75, 3.05) is 0 Å². The summed E-state index contributed by atoms with van der Waals surface area (Å²) in [6.07, 6.45) is 6.66. The maximum absolute atomic E-state index is 12.7. The first-order chi connectivity index (χ1) is 10.6. The molecule has 2 atom stereocenters. The SMILES string of the molecule is Cn1ccnc1C1(O)C[C@H]2CC[C@H](C1)N2C(=O)c1cccs1. The molecule has 2 fully saturated rings. The maximum Gasteiger partial charge on any atom is 0.264 e. The Hall–Kier alpha value is -1.66. The second-order valence-corrected chi connectivity index (χ2v) is 7.32. The van der Waals surface area contributed by atoms with Crippen molar-refractivity contribution in [2.24, 2.45) is 7.05 Å². The van der Waals surface area contributed by atoms with Gasteiger partial charge in [0.15, 0.2) is 0 Å². The van der Waals surface area contributed by atoms with Gasteiger partial charge < -0.3 is 14.6 Å². The molecule has 0 aliphatic carbocycles. The van der Waals surface area contributed by atoms with Crippen LogP contribution >= 0.6 is 11.3 Å². The molecule has 2 aliphatic rings. The predicted octanol–water partition coefficient (Wildman–Crippen LogP) is 2.14. The van der Waals surface area contributed by atoms with Crippen LogP contribution in [0.3, 0.4) is 0 Å². The molecule has 4 heterocycles. The van der Waals surface area contributed by atoms with Gasteiger partial charge in [-0.2, -0.15) is 0 Å². The van der Waals surface area contributed by atoms with Crippen molar-refractivity contribution in [3.63, 3.8) is 0 Å². The molecule has 5 nitrogen and oxygen atoms in total. The molecule has 0 radical (unpaired) electrons. The highest BCUT2D eigenvalue weighted by atomic mass is 32.1. The van der Waals surface area contributed by atoms with Crippen LogP contribution in [0.1, 0.15) is 41.2 Å². The van der Waals surface area contributed by atoms with Gasteiger partial charge in [-0.3, -0.25) is 4.79 Å². The molecule has 116 valence electrons. The molecule has 0 unspecified atom stereocenters. The van der Waals surface area contributed by atoms with E-state index < -0.39 is 5.60 Å². The Morgan fingerprint density at radius 1 is 1.41 bits per heavy atom.